The molecule has 0 radical (unpaired) electrons. The molecule has 1 fully saturated rings. The Morgan fingerprint density at radius 3 is 2.70 bits per heavy atom. The Morgan fingerprint density at radius 1 is 1.08 bits per heavy atom. The fraction of sp³-hybridized carbons (Fsp3) is 0.355. The SMILES string of the molecule is COc1cccc(C23CCN(CCc4ccccc4)CC2Cc2c(n(C)c4ccc([N+](=O)[O-])cc24)C3)c1. The Kier molecular flexibility index (Phi) is 6.00. The molecule has 2 atom stereocenters. The zero-order valence-corrected chi connectivity index (χ0v) is 21.5. The molecule has 1 aliphatic carbocycles. The molecule has 0 bridgehead atoms. The van der Waals surface area contributed by atoms with Gasteiger partial charge in [-0.1, -0.05) is 42.5 Å². The van der Waals surface area contributed by atoms with Crippen LogP contribution in [0.25, 0.3) is 10.9 Å². The summed E-state index contributed by atoms with van der Waals surface area (Å²) >= 11 is 0. The van der Waals surface area contributed by atoms with Gasteiger partial charge in [0.15, 0.2) is 0 Å². The standard InChI is InChI=1S/C31H33N3O3/c1-32-29-12-11-25(34(35)36)19-28(29)27-18-24-21-33(15-13-22-7-4-3-5-8-22)16-14-31(24,20-30(27)32)23-9-6-10-26(17-23)37-2/h3-12,17,19,24H,13-16,18,20-21H2,1-2H3. The van der Waals surface area contributed by atoms with Crippen molar-refractivity contribution in [3.8, 4) is 5.75 Å². The van der Waals surface area contributed by atoms with E-state index in [9.17, 15) is 10.1 Å². The van der Waals surface area contributed by atoms with E-state index in [0.29, 0.717) is 5.92 Å². The maximum atomic E-state index is 11.6. The van der Waals surface area contributed by atoms with Gasteiger partial charge in [0.05, 0.1) is 12.0 Å². The van der Waals surface area contributed by atoms with Crippen molar-refractivity contribution in [1.29, 1.82) is 0 Å². The smallest absolute Gasteiger partial charge is 0.270 e. The van der Waals surface area contributed by atoms with Gasteiger partial charge in [0.1, 0.15) is 5.75 Å². The van der Waals surface area contributed by atoms with Crippen molar-refractivity contribution in [2.75, 3.05) is 26.7 Å². The molecule has 6 heteroatoms. The Labute approximate surface area is 217 Å². The molecule has 4 aromatic rings. The van der Waals surface area contributed by atoms with E-state index in [1.807, 2.05) is 12.1 Å². The van der Waals surface area contributed by atoms with E-state index >= 15 is 0 Å². The topological polar surface area (TPSA) is 60.5 Å². The lowest BCUT2D eigenvalue weighted by Gasteiger charge is -2.51. The molecule has 37 heavy (non-hydrogen) atoms. The number of fused-ring (bicyclic) bond motifs is 4. The number of benzene rings is 3. The molecule has 6 nitrogen and oxygen atoms in total. The maximum absolute atomic E-state index is 11.6. The summed E-state index contributed by atoms with van der Waals surface area (Å²) in [4.78, 5) is 13.9. The van der Waals surface area contributed by atoms with E-state index in [0.717, 1.165) is 62.0 Å². The van der Waals surface area contributed by atoms with Gasteiger partial charge < -0.3 is 14.2 Å². The van der Waals surface area contributed by atoms with Gasteiger partial charge in [-0.15, -0.1) is 0 Å². The van der Waals surface area contributed by atoms with E-state index < -0.39 is 0 Å². The number of aryl methyl sites for hydroxylation is 1. The number of nitro groups is 1. The van der Waals surface area contributed by atoms with E-state index in [4.69, 9.17) is 4.74 Å². The van der Waals surface area contributed by atoms with Crippen LogP contribution in [-0.4, -0.2) is 41.1 Å². The Bertz CT molecular complexity index is 1460. The molecule has 0 spiro atoms. The first-order valence-corrected chi connectivity index (χ1v) is 13.1. The van der Waals surface area contributed by atoms with Gasteiger partial charge in [-0.25, -0.2) is 0 Å². The average molecular weight is 496 g/mol. The van der Waals surface area contributed by atoms with Crippen molar-refractivity contribution in [2.45, 2.75) is 31.1 Å². The second-order valence-corrected chi connectivity index (χ2v) is 10.7. The van der Waals surface area contributed by atoms with Crippen molar-refractivity contribution in [1.82, 2.24) is 9.47 Å². The van der Waals surface area contributed by atoms with Crippen molar-refractivity contribution in [3.05, 3.63) is 105 Å². The molecule has 1 aromatic heterocycles. The quantitative estimate of drug-likeness (QED) is 0.254. The third-order valence-corrected chi connectivity index (χ3v) is 8.90. The first-order valence-electron chi connectivity index (χ1n) is 13.1. The van der Waals surface area contributed by atoms with Gasteiger partial charge in [-0.2, -0.15) is 0 Å². The minimum absolute atomic E-state index is 0.0128. The highest BCUT2D eigenvalue weighted by Gasteiger charge is 2.48. The van der Waals surface area contributed by atoms with Crippen molar-refractivity contribution < 1.29 is 9.66 Å². The summed E-state index contributed by atoms with van der Waals surface area (Å²) in [7, 11) is 3.85. The summed E-state index contributed by atoms with van der Waals surface area (Å²) in [5.74, 6) is 1.32. The Balaban J connectivity index is 1.40. The highest BCUT2D eigenvalue weighted by atomic mass is 16.6. The number of nitrogens with zero attached hydrogens (tertiary/aromatic N) is 3. The van der Waals surface area contributed by atoms with Crippen LogP contribution in [-0.2, 0) is 31.7 Å². The molecule has 0 amide bonds. The van der Waals surface area contributed by atoms with Crippen molar-refractivity contribution in [3.63, 3.8) is 0 Å². The fourth-order valence-corrected chi connectivity index (χ4v) is 6.86. The van der Waals surface area contributed by atoms with Crippen molar-refractivity contribution >= 4 is 16.6 Å². The van der Waals surface area contributed by atoms with Gasteiger partial charge in [-0.05, 0) is 73.0 Å². The molecule has 190 valence electrons. The summed E-state index contributed by atoms with van der Waals surface area (Å²) in [5.41, 5.74) is 6.58. The van der Waals surface area contributed by atoms with E-state index in [2.05, 4.69) is 65.0 Å². The summed E-state index contributed by atoms with van der Waals surface area (Å²) in [6, 6.07) is 24.7. The number of methoxy groups -OCH3 is 1. The number of nitro benzene ring substituents is 1. The van der Waals surface area contributed by atoms with Crippen LogP contribution < -0.4 is 4.74 Å². The highest BCUT2D eigenvalue weighted by molar-refractivity contribution is 5.88. The minimum atomic E-state index is -0.284. The van der Waals surface area contributed by atoms with Gasteiger partial charge in [0.2, 0.25) is 0 Å². The number of aromatic nitrogens is 1. The second kappa shape index (κ2) is 9.34. The monoisotopic (exact) mass is 495 g/mol. The van der Waals surface area contributed by atoms with Crippen LogP contribution in [0.15, 0.2) is 72.8 Å². The van der Waals surface area contributed by atoms with Gasteiger partial charge >= 0.3 is 0 Å². The molecule has 2 heterocycles. The Morgan fingerprint density at radius 2 is 1.92 bits per heavy atom. The van der Waals surface area contributed by atoms with E-state index in [1.165, 1.54) is 22.4 Å². The third-order valence-electron chi connectivity index (χ3n) is 8.90. The van der Waals surface area contributed by atoms with Crippen LogP contribution in [0, 0.1) is 16.0 Å². The van der Waals surface area contributed by atoms with Gasteiger partial charge in [-0.3, -0.25) is 10.1 Å². The molecule has 0 saturated carbocycles. The predicted molar refractivity (Wildman–Crippen MR) is 146 cm³/mol. The fourth-order valence-electron chi connectivity index (χ4n) is 6.86. The predicted octanol–water partition coefficient (Wildman–Crippen LogP) is 5.70. The molecule has 1 saturated heterocycles. The number of ether oxygens (including phenoxy) is 1. The van der Waals surface area contributed by atoms with Gasteiger partial charge in [0, 0.05) is 54.3 Å². The number of non-ortho nitro benzene ring substituents is 1. The lowest BCUT2D eigenvalue weighted by molar-refractivity contribution is -0.384. The van der Waals surface area contributed by atoms with Crippen LogP contribution in [0.1, 0.15) is 28.8 Å². The average Bonchev–Trinajstić information content (AvgIpc) is 3.21. The normalized spacial score (nSPS) is 21.4. The van der Waals surface area contributed by atoms with E-state index in [1.54, 1.807) is 19.2 Å². The zero-order chi connectivity index (χ0) is 25.6. The molecular formula is C31H33N3O3. The molecule has 2 aliphatic rings. The van der Waals surface area contributed by atoms with Crippen molar-refractivity contribution in [2.24, 2.45) is 13.0 Å². The lowest BCUT2D eigenvalue weighted by atomic mass is 9.58. The Hall–Kier alpha value is -3.64. The summed E-state index contributed by atoms with van der Waals surface area (Å²) in [5, 5.41) is 12.6. The summed E-state index contributed by atoms with van der Waals surface area (Å²) in [6.45, 7) is 3.13. The second-order valence-electron chi connectivity index (χ2n) is 10.7. The molecule has 6 rings (SSSR count). The maximum Gasteiger partial charge on any atom is 0.270 e. The molecule has 3 aromatic carbocycles. The number of likely N-dealkylation sites (tertiary alicyclic amines) is 1. The lowest BCUT2D eigenvalue weighted by Crippen LogP contribution is -2.54. The van der Waals surface area contributed by atoms with Crippen LogP contribution in [0.3, 0.4) is 0 Å². The first-order chi connectivity index (χ1) is 18.0. The van der Waals surface area contributed by atoms with E-state index in [-0.39, 0.29) is 16.0 Å². The van der Waals surface area contributed by atoms with Crippen LogP contribution in [0.4, 0.5) is 5.69 Å². The van der Waals surface area contributed by atoms with Gasteiger partial charge in [0.25, 0.3) is 5.69 Å². The highest BCUT2D eigenvalue weighted by Crippen LogP contribution is 2.50. The molecule has 0 N–H and O–H groups in total. The number of hydrogen-bond acceptors (Lipinski definition) is 4. The largest absolute Gasteiger partial charge is 0.497 e. The molecular weight excluding hydrogens is 462 g/mol. The van der Waals surface area contributed by atoms with Crippen LogP contribution in [0.5, 0.6) is 5.75 Å². The number of rotatable bonds is 6. The van der Waals surface area contributed by atoms with Crippen LogP contribution >= 0.6 is 0 Å². The summed E-state index contributed by atoms with van der Waals surface area (Å²) in [6.07, 6.45) is 3.99. The zero-order valence-electron chi connectivity index (χ0n) is 21.5. The first kappa shape index (κ1) is 23.7. The molecule has 2 unspecified atom stereocenters. The summed E-state index contributed by atoms with van der Waals surface area (Å²) < 4.78 is 7.90. The third kappa shape index (κ3) is 4.09. The number of piperidine rings is 1. The minimum Gasteiger partial charge on any atom is -0.497 e. The van der Waals surface area contributed by atoms with Crippen LogP contribution in [0.2, 0.25) is 0 Å². The number of hydrogen-bond donors (Lipinski definition) is 0. The molecule has 1 aliphatic heterocycles.